The van der Waals surface area contributed by atoms with Gasteiger partial charge in [0.25, 0.3) is 0 Å². The second kappa shape index (κ2) is 5.40. The van der Waals surface area contributed by atoms with Crippen molar-refractivity contribution in [2.24, 2.45) is 11.7 Å². The van der Waals surface area contributed by atoms with Crippen molar-refractivity contribution in [3.05, 3.63) is 11.8 Å². The van der Waals surface area contributed by atoms with Gasteiger partial charge in [0.1, 0.15) is 0 Å². The Morgan fingerprint density at radius 2 is 2.18 bits per heavy atom. The summed E-state index contributed by atoms with van der Waals surface area (Å²) in [6.07, 6.45) is 8.59. The van der Waals surface area contributed by atoms with Gasteiger partial charge in [0, 0.05) is 7.11 Å². The molecule has 0 aromatic heterocycles. The Hall–Kier alpha value is -0.540. The van der Waals surface area contributed by atoms with E-state index in [9.17, 15) is 0 Å². The summed E-state index contributed by atoms with van der Waals surface area (Å²) in [5, 5.41) is 0. The Morgan fingerprint density at radius 1 is 1.47 bits per heavy atom. The molecule has 1 aliphatic carbocycles. The van der Waals surface area contributed by atoms with E-state index in [1.165, 1.54) is 18.4 Å². The number of nitrogens with two attached hydrogens (primary N) is 1. The maximum Gasteiger partial charge on any atom is 0.0876 e. The van der Waals surface area contributed by atoms with Crippen molar-refractivity contribution < 1.29 is 9.47 Å². The first-order valence-electron chi connectivity index (χ1n) is 6.79. The standard InChI is InChI=1S/C14H25NO2/c1-11-5-7-14(16-2,8-6-11)13(15)12-4-3-9-17-10-12/h10-11,13H,3-9,15H2,1-2H3. The molecule has 0 amide bonds. The van der Waals surface area contributed by atoms with Crippen molar-refractivity contribution in [3.8, 4) is 0 Å². The molecule has 98 valence electrons. The largest absolute Gasteiger partial charge is 0.501 e. The zero-order valence-corrected chi connectivity index (χ0v) is 11.1. The lowest BCUT2D eigenvalue weighted by molar-refractivity contribution is -0.0600. The van der Waals surface area contributed by atoms with Crippen LogP contribution in [-0.2, 0) is 9.47 Å². The van der Waals surface area contributed by atoms with Gasteiger partial charge in [-0.3, -0.25) is 0 Å². The highest BCUT2D eigenvalue weighted by Gasteiger charge is 2.41. The summed E-state index contributed by atoms with van der Waals surface area (Å²) in [6, 6.07) is 0.000278. The van der Waals surface area contributed by atoms with Crippen LogP contribution in [0.4, 0.5) is 0 Å². The molecule has 1 aliphatic heterocycles. The van der Waals surface area contributed by atoms with Crippen LogP contribution in [0, 0.1) is 5.92 Å². The molecule has 3 nitrogen and oxygen atoms in total. The van der Waals surface area contributed by atoms with Crippen LogP contribution in [0.3, 0.4) is 0 Å². The van der Waals surface area contributed by atoms with Gasteiger partial charge in [-0.1, -0.05) is 6.92 Å². The second-order valence-electron chi connectivity index (χ2n) is 5.60. The molecule has 0 spiro atoms. The van der Waals surface area contributed by atoms with Crippen LogP contribution in [0.15, 0.2) is 11.8 Å². The minimum atomic E-state index is -0.154. The fourth-order valence-electron chi connectivity index (χ4n) is 3.04. The van der Waals surface area contributed by atoms with E-state index < -0.39 is 0 Å². The first-order chi connectivity index (χ1) is 8.18. The van der Waals surface area contributed by atoms with Crippen molar-refractivity contribution in [3.63, 3.8) is 0 Å². The lowest BCUT2D eigenvalue weighted by atomic mass is 9.73. The molecule has 2 N–H and O–H groups in total. The van der Waals surface area contributed by atoms with Gasteiger partial charge in [0.15, 0.2) is 0 Å². The highest BCUT2D eigenvalue weighted by molar-refractivity contribution is 5.17. The molecule has 1 heterocycles. The Balaban J connectivity index is 2.08. The maximum absolute atomic E-state index is 6.44. The topological polar surface area (TPSA) is 44.5 Å². The summed E-state index contributed by atoms with van der Waals surface area (Å²) < 4.78 is 11.2. The quantitative estimate of drug-likeness (QED) is 0.823. The Bertz CT molecular complexity index is 280. The van der Waals surface area contributed by atoms with E-state index in [4.69, 9.17) is 15.2 Å². The van der Waals surface area contributed by atoms with Crippen LogP contribution in [0.2, 0.25) is 0 Å². The van der Waals surface area contributed by atoms with E-state index in [1.807, 2.05) is 6.26 Å². The van der Waals surface area contributed by atoms with Crippen LogP contribution in [0.1, 0.15) is 45.4 Å². The van der Waals surface area contributed by atoms with Crippen molar-refractivity contribution in [1.82, 2.24) is 0 Å². The molecule has 0 radical (unpaired) electrons. The predicted molar refractivity (Wildman–Crippen MR) is 68.6 cm³/mol. The third-order valence-electron chi connectivity index (χ3n) is 4.46. The van der Waals surface area contributed by atoms with Gasteiger partial charge in [-0.15, -0.1) is 0 Å². The van der Waals surface area contributed by atoms with Crippen molar-refractivity contribution in [2.75, 3.05) is 13.7 Å². The van der Waals surface area contributed by atoms with Crippen LogP contribution in [0.25, 0.3) is 0 Å². The average molecular weight is 239 g/mol. The van der Waals surface area contributed by atoms with E-state index in [2.05, 4.69) is 6.92 Å². The van der Waals surface area contributed by atoms with Crippen molar-refractivity contribution >= 4 is 0 Å². The molecular weight excluding hydrogens is 214 g/mol. The minimum absolute atomic E-state index is 0.000278. The Labute approximate surface area is 104 Å². The lowest BCUT2D eigenvalue weighted by Gasteiger charge is -2.43. The summed E-state index contributed by atoms with van der Waals surface area (Å²) in [7, 11) is 1.81. The first kappa shape index (κ1) is 12.9. The van der Waals surface area contributed by atoms with Crippen LogP contribution in [0.5, 0.6) is 0 Å². The molecule has 1 atom stereocenters. The summed E-state index contributed by atoms with van der Waals surface area (Å²) in [6.45, 7) is 3.14. The van der Waals surface area contributed by atoms with E-state index >= 15 is 0 Å². The van der Waals surface area contributed by atoms with Gasteiger partial charge >= 0.3 is 0 Å². The van der Waals surface area contributed by atoms with E-state index in [0.717, 1.165) is 38.2 Å². The molecular formula is C14H25NO2. The molecule has 3 heteroatoms. The summed E-state index contributed by atoms with van der Waals surface area (Å²) in [5.74, 6) is 0.807. The van der Waals surface area contributed by atoms with E-state index in [0.29, 0.717) is 0 Å². The summed E-state index contributed by atoms with van der Waals surface area (Å²) in [4.78, 5) is 0. The highest BCUT2D eigenvalue weighted by atomic mass is 16.5. The fraction of sp³-hybridized carbons (Fsp3) is 0.857. The van der Waals surface area contributed by atoms with Crippen LogP contribution in [-0.4, -0.2) is 25.4 Å². The van der Waals surface area contributed by atoms with Gasteiger partial charge in [0.05, 0.1) is 24.5 Å². The van der Waals surface area contributed by atoms with Gasteiger partial charge in [-0.25, -0.2) is 0 Å². The zero-order chi connectivity index (χ0) is 12.3. The predicted octanol–water partition coefficient (Wildman–Crippen LogP) is 2.60. The number of methoxy groups -OCH3 is 1. The smallest absolute Gasteiger partial charge is 0.0876 e. The molecule has 1 unspecified atom stereocenters. The number of ether oxygens (including phenoxy) is 2. The van der Waals surface area contributed by atoms with Gasteiger partial charge < -0.3 is 15.2 Å². The molecule has 2 rings (SSSR count). The number of hydrogen-bond acceptors (Lipinski definition) is 3. The van der Waals surface area contributed by atoms with Gasteiger partial charge in [-0.05, 0) is 50.0 Å². The molecule has 2 aliphatic rings. The molecule has 17 heavy (non-hydrogen) atoms. The fourth-order valence-corrected chi connectivity index (χ4v) is 3.04. The average Bonchev–Trinajstić information content (AvgIpc) is 2.40. The molecule has 0 bridgehead atoms. The molecule has 1 saturated carbocycles. The van der Waals surface area contributed by atoms with Gasteiger partial charge in [0.2, 0.25) is 0 Å². The highest BCUT2D eigenvalue weighted by Crippen LogP contribution is 2.39. The molecule has 0 saturated heterocycles. The lowest BCUT2D eigenvalue weighted by Crippen LogP contribution is -2.52. The zero-order valence-electron chi connectivity index (χ0n) is 11.1. The SMILES string of the molecule is COC1(C(N)C2=COCCC2)CCC(C)CC1. The van der Waals surface area contributed by atoms with Crippen molar-refractivity contribution in [2.45, 2.75) is 57.1 Å². The molecule has 0 aromatic carbocycles. The van der Waals surface area contributed by atoms with E-state index in [1.54, 1.807) is 7.11 Å². The molecule has 1 fully saturated rings. The summed E-state index contributed by atoms with van der Waals surface area (Å²) in [5.41, 5.74) is 7.52. The summed E-state index contributed by atoms with van der Waals surface area (Å²) >= 11 is 0. The van der Waals surface area contributed by atoms with Gasteiger partial charge in [-0.2, -0.15) is 0 Å². The Kier molecular flexibility index (Phi) is 4.10. The monoisotopic (exact) mass is 239 g/mol. The van der Waals surface area contributed by atoms with Crippen LogP contribution < -0.4 is 5.73 Å². The third kappa shape index (κ3) is 2.66. The number of rotatable bonds is 3. The van der Waals surface area contributed by atoms with Crippen molar-refractivity contribution in [1.29, 1.82) is 0 Å². The molecule has 0 aromatic rings. The number of hydrogen-bond donors (Lipinski definition) is 1. The maximum atomic E-state index is 6.44. The second-order valence-corrected chi connectivity index (χ2v) is 5.60. The Morgan fingerprint density at radius 3 is 2.71 bits per heavy atom. The van der Waals surface area contributed by atoms with Crippen LogP contribution >= 0.6 is 0 Å². The third-order valence-corrected chi connectivity index (χ3v) is 4.46. The first-order valence-corrected chi connectivity index (χ1v) is 6.79. The normalized spacial score (nSPS) is 35.9. The minimum Gasteiger partial charge on any atom is -0.501 e. The van der Waals surface area contributed by atoms with E-state index in [-0.39, 0.29) is 11.6 Å².